The number of fused-ring (bicyclic) bond motifs is 2. The molecule has 4 rings (SSSR count). The normalized spacial score (nSPS) is 12.7. The fourth-order valence-corrected chi connectivity index (χ4v) is 4.89. The first-order chi connectivity index (χ1) is 14.6. The number of amides is 1. The molecule has 0 saturated carbocycles. The molecule has 1 amide bonds. The molecule has 0 spiro atoms. The molecule has 1 N–H and O–H groups in total. The molecule has 0 atom stereocenters. The van der Waals surface area contributed by atoms with Gasteiger partial charge in [0.05, 0.1) is 11.1 Å². The van der Waals surface area contributed by atoms with E-state index in [-0.39, 0.29) is 17.2 Å². The van der Waals surface area contributed by atoms with Gasteiger partial charge in [0.15, 0.2) is 16.7 Å². The SMILES string of the molecule is C=CCn1c(SCC(=O)Nc2ccc3c(c2)OCCO3)nc2sc(CC)cc2c1=O. The maximum atomic E-state index is 12.9. The van der Waals surface area contributed by atoms with E-state index in [0.717, 1.165) is 11.3 Å². The molecule has 30 heavy (non-hydrogen) atoms. The van der Waals surface area contributed by atoms with Crippen molar-refractivity contribution < 1.29 is 14.3 Å². The molecule has 0 saturated heterocycles. The minimum Gasteiger partial charge on any atom is -0.486 e. The zero-order chi connectivity index (χ0) is 21.1. The number of ether oxygens (including phenoxy) is 2. The largest absolute Gasteiger partial charge is 0.486 e. The summed E-state index contributed by atoms with van der Waals surface area (Å²) in [6.07, 6.45) is 2.50. The molecule has 3 aromatic rings. The Morgan fingerprint density at radius 1 is 1.33 bits per heavy atom. The Kier molecular flexibility index (Phi) is 6.10. The van der Waals surface area contributed by atoms with Gasteiger partial charge in [0, 0.05) is 23.2 Å². The maximum absolute atomic E-state index is 12.9. The number of aryl methyl sites for hydroxylation is 1. The molecular formula is C21H21N3O4S2. The number of benzene rings is 1. The van der Waals surface area contributed by atoms with Crippen molar-refractivity contribution in [1.29, 1.82) is 0 Å². The number of hydrogen-bond donors (Lipinski definition) is 1. The summed E-state index contributed by atoms with van der Waals surface area (Å²) in [4.78, 5) is 31.8. The Balaban J connectivity index is 1.51. The quantitative estimate of drug-likeness (QED) is 0.341. The third-order valence-corrected chi connectivity index (χ3v) is 6.64. The molecule has 2 aromatic heterocycles. The monoisotopic (exact) mass is 443 g/mol. The maximum Gasteiger partial charge on any atom is 0.263 e. The van der Waals surface area contributed by atoms with Crippen LogP contribution in [0.2, 0.25) is 0 Å². The molecule has 0 radical (unpaired) electrons. The molecular weight excluding hydrogens is 422 g/mol. The van der Waals surface area contributed by atoms with Crippen molar-refractivity contribution in [2.24, 2.45) is 0 Å². The number of thiophene rings is 1. The zero-order valence-corrected chi connectivity index (χ0v) is 18.1. The molecule has 3 heterocycles. The van der Waals surface area contributed by atoms with Crippen molar-refractivity contribution in [3.63, 3.8) is 0 Å². The van der Waals surface area contributed by atoms with Crippen LogP contribution in [0.1, 0.15) is 11.8 Å². The van der Waals surface area contributed by atoms with Gasteiger partial charge >= 0.3 is 0 Å². The average molecular weight is 444 g/mol. The van der Waals surface area contributed by atoms with Crippen molar-refractivity contribution in [2.45, 2.75) is 25.0 Å². The van der Waals surface area contributed by atoms with Crippen LogP contribution in [-0.4, -0.2) is 34.4 Å². The van der Waals surface area contributed by atoms with E-state index >= 15 is 0 Å². The number of allylic oxidation sites excluding steroid dienone is 1. The van der Waals surface area contributed by atoms with E-state index in [4.69, 9.17) is 9.47 Å². The summed E-state index contributed by atoms with van der Waals surface area (Å²) >= 11 is 2.74. The Hall–Kier alpha value is -2.78. The van der Waals surface area contributed by atoms with Gasteiger partial charge in [0.25, 0.3) is 5.56 Å². The van der Waals surface area contributed by atoms with Crippen LogP contribution in [0.25, 0.3) is 10.2 Å². The van der Waals surface area contributed by atoms with Crippen LogP contribution in [-0.2, 0) is 17.8 Å². The Labute approximate surface area is 181 Å². The fourth-order valence-electron chi connectivity index (χ4n) is 3.07. The predicted octanol–water partition coefficient (Wildman–Crippen LogP) is 3.71. The lowest BCUT2D eigenvalue weighted by Crippen LogP contribution is -2.23. The standard InChI is InChI=1S/C21H21N3O4S2/c1-3-7-24-20(26)15-11-14(4-2)30-19(15)23-21(24)29-12-18(25)22-13-5-6-16-17(10-13)28-9-8-27-16/h3,5-6,10-11H,1,4,7-9,12H2,2H3,(H,22,25). The summed E-state index contributed by atoms with van der Waals surface area (Å²) in [5.74, 6) is 1.21. The van der Waals surface area contributed by atoms with Crippen LogP contribution in [0, 0.1) is 0 Å². The highest BCUT2D eigenvalue weighted by molar-refractivity contribution is 7.99. The second-order valence-corrected chi connectivity index (χ2v) is 8.64. The molecule has 0 aliphatic carbocycles. The number of aromatic nitrogens is 2. The van der Waals surface area contributed by atoms with Crippen LogP contribution in [0.3, 0.4) is 0 Å². The average Bonchev–Trinajstić information content (AvgIpc) is 3.18. The summed E-state index contributed by atoms with van der Waals surface area (Å²) < 4.78 is 12.6. The number of rotatable bonds is 7. The van der Waals surface area contributed by atoms with Crippen molar-refractivity contribution in [1.82, 2.24) is 9.55 Å². The van der Waals surface area contributed by atoms with Gasteiger partial charge in [-0.2, -0.15) is 0 Å². The smallest absolute Gasteiger partial charge is 0.263 e. The van der Waals surface area contributed by atoms with Gasteiger partial charge in [-0.05, 0) is 24.6 Å². The highest BCUT2D eigenvalue weighted by Gasteiger charge is 2.16. The van der Waals surface area contributed by atoms with Crippen LogP contribution in [0.4, 0.5) is 5.69 Å². The van der Waals surface area contributed by atoms with E-state index in [0.29, 0.717) is 52.3 Å². The molecule has 0 bridgehead atoms. The Bertz CT molecular complexity index is 1170. The molecule has 0 unspecified atom stereocenters. The van der Waals surface area contributed by atoms with E-state index in [1.54, 1.807) is 28.8 Å². The first kappa shape index (κ1) is 20.5. The van der Waals surface area contributed by atoms with Gasteiger partial charge in [-0.25, -0.2) is 4.98 Å². The van der Waals surface area contributed by atoms with Gasteiger partial charge in [0.2, 0.25) is 5.91 Å². The first-order valence-corrected chi connectivity index (χ1v) is 11.4. The minimum atomic E-state index is -0.198. The molecule has 1 aliphatic rings. The number of hydrogen-bond acceptors (Lipinski definition) is 7. The lowest BCUT2D eigenvalue weighted by atomic mass is 10.2. The Morgan fingerprint density at radius 2 is 2.13 bits per heavy atom. The molecule has 7 nitrogen and oxygen atoms in total. The van der Waals surface area contributed by atoms with Crippen LogP contribution >= 0.6 is 23.1 Å². The van der Waals surface area contributed by atoms with E-state index in [1.807, 2.05) is 13.0 Å². The van der Waals surface area contributed by atoms with Gasteiger partial charge in [-0.15, -0.1) is 17.9 Å². The topological polar surface area (TPSA) is 82.5 Å². The van der Waals surface area contributed by atoms with E-state index < -0.39 is 0 Å². The highest BCUT2D eigenvalue weighted by atomic mass is 32.2. The van der Waals surface area contributed by atoms with E-state index in [2.05, 4.69) is 16.9 Å². The Morgan fingerprint density at radius 3 is 2.90 bits per heavy atom. The summed E-state index contributed by atoms with van der Waals surface area (Å²) in [5, 5.41) is 3.97. The third kappa shape index (κ3) is 4.22. The summed E-state index contributed by atoms with van der Waals surface area (Å²) in [5.41, 5.74) is 0.521. The number of nitrogens with zero attached hydrogens (tertiary/aromatic N) is 2. The molecule has 0 fully saturated rings. The van der Waals surface area contributed by atoms with Crippen LogP contribution in [0.5, 0.6) is 11.5 Å². The predicted molar refractivity (Wildman–Crippen MR) is 120 cm³/mol. The molecule has 9 heteroatoms. The third-order valence-electron chi connectivity index (χ3n) is 4.49. The molecule has 156 valence electrons. The van der Waals surface area contributed by atoms with Crippen LogP contribution in [0.15, 0.2) is 46.9 Å². The van der Waals surface area contributed by atoms with Crippen LogP contribution < -0.4 is 20.3 Å². The fraction of sp³-hybridized carbons (Fsp3) is 0.286. The molecule has 1 aliphatic heterocycles. The minimum absolute atomic E-state index is 0.106. The van der Waals surface area contributed by atoms with Crippen molar-refractivity contribution in [2.75, 3.05) is 24.3 Å². The summed E-state index contributed by atoms with van der Waals surface area (Å²) in [6.45, 7) is 7.12. The zero-order valence-electron chi connectivity index (χ0n) is 16.5. The number of carbonyl (C=O) groups excluding carboxylic acids is 1. The second kappa shape index (κ2) is 8.93. The number of thioether (sulfide) groups is 1. The van der Waals surface area contributed by atoms with Crippen molar-refractivity contribution >= 4 is 44.9 Å². The summed E-state index contributed by atoms with van der Waals surface area (Å²) in [6, 6.07) is 7.19. The van der Waals surface area contributed by atoms with Crippen molar-refractivity contribution in [3.05, 3.63) is 52.2 Å². The summed E-state index contributed by atoms with van der Waals surface area (Å²) in [7, 11) is 0. The first-order valence-electron chi connectivity index (χ1n) is 9.55. The van der Waals surface area contributed by atoms with Gasteiger partial charge in [-0.3, -0.25) is 14.2 Å². The second-order valence-electron chi connectivity index (χ2n) is 6.58. The van der Waals surface area contributed by atoms with Gasteiger partial charge in [0.1, 0.15) is 18.0 Å². The van der Waals surface area contributed by atoms with E-state index in [1.165, 1.54) is 23.1 Å². The number of nitrogens with one attached hydrogen (secondary N) is 1. The highest BCUT2D eigenvalue weighted by Crippen LogP contribution is 2.32. The van der Waals surface area contributed by atoms with E-state index in [9.17, 15) is 9.59 Å². The lowest BCUT2D eigenvalue weighted by Gasteiger charge is -2.19. The number of anilines is 1. The van der Waals surface area contributed by atoms with Gasteiger partial charge in [-0.1, -0.05) is 24.8 Å². The van der Waals surface area contributed by atoms with Crippen molar-refractivity contribution in [3.8, 4) is 11.5 Å². The van der Waals surface area contributed by atoms with Gasteiger partial charge < -0.3 is 14.8 Å². The number of carbonyl (C=O) groups is 1. The lowest BCUT2D eigenvalue weighted by molar-refractivity contribution is -0.113. The molecule has 1 aromatic carbocycles.